The lowest BCUT2D eigenvalue weighted by atomic mass is 10.0. The second-order valence-corrected chi connectivity index (χ2v) is 5.68. The molecule has 0 radical (unpaired) electrons. The second kappa shape index (κ2) is 6.30. The average Bonchev–Trinajstić information content (AvgIpc) is 2.88. The van der Waals surface area contributed by atoms with Crippen molar-refractivity contribution in [3.63, 3.8) is 0 Å². The van der Waals surface area contributed by atoms with Gasteiger partial charge in [-0.3, -0.25) is 0 Å². The summed E-state index contributed by atoms with van der Waals surface area (Å²) in [6.45, 7) is 4.19. The normalized spacial score (nSPS) is 14.3. The molecule has 0 aliphatic heterocycles. The van der Waals surface area contributed by atoms with Crippen LogP contribution in [-0.2, 0) is 6.42 Å². The van der Waals surface area contributed by atoms with Crippen molar-refractivity contribution < 1.29 is 4.52 Å². The van der Waals surface area contributed by atoms with E-state index >= 15 is 0 Å². The fourth-order valence-corrected chi connectivity index (χ4v) is 2.02. The first-order chi connectivity index (χ1) is 9.10. The lowest BCUT2D eigenvalue weighted by molar-refractivity contribution is 0.310. The minimum absolute atomic E-state index is 0.184. The summed E-state index contributed by atoms with van der Waals surface area (Å²) >= 11 is 3.41. The van der Waals surface area contributed by atoms with Crippen molar-refractivity contribution in [3.8, 4) is 0 Å². The van der Waals surface area contributed by atoms with Crippen LogP contribution in [0, 0.1) is 5.92 Å². The third-order valence-corrected chi connectivity index (χ3v) is 3.83. The third kappa shape index (κ3) is 3.64. The predicted octanol–water partition coefficient (Wildman–Crippen LogP) is 3.47. The van der Waals surface area contributed by atoms with E-state index in [4.69, 9.17) is 10.3 Å². The summed E-state index contributed by atoms with van der Waals surface area (Å²) in [7, 11) is 0. The molecule has 1 heterocycles. The van der Waals surface area contributed by atoms with Gasteiger partial charge in [-0.1, -0.05) is 53.5 Å². The van der Waals surface area contributed by atoms with Crippen LogP contribution >= 0.6 is 15.9 Å². The van der Waals surface area contributed by atoms with Gasteiger partial charge in [-0.15, -0.1) is 0 Å². The Hall–Kier alpha value is -1.20. The van der Waals surface area contributed by atoms with Crippen molar-refractivity contribution in [1.82, 2.24) is 10.1 Å². The van der Waals surface area contributed by atoms with Crippen LogP contribution in [0.1, 0.15) is 43.6 Å². The lowest BCUT2D eigenvalue weighted by Crippen LogP contribution is -2.18. The number of benzene rings is 1. The summed E-state index contributed by atoms with van der Waals surface area (Å²) in [5, 5.41) is 3.99. The van der Waals surface area contributed by atoms with E-state index in [0.717, 1.165) is 16.5 Å². The molecular weight excluding hydrogens is 306 g/mol. The molecule has 1 unspecified atom stereocenters. The Bertz CT molecular complexity index is 524. The van der Waals surface area contributed by atoms with Crippen molar-refractivity contribution in [2.75, 3.05) is 0 Å². The minimum Gasteiger partial charge on any atom is -0.338 e. The van der Waals surface area contributed by atoms with Gasteiger partial charge in [-0.25, -0.2) is 0 Å². The van der Waals surface area contributed by atoms with Crippen LogP contribution in [0.2, 0.25) is 0 Å². The molecule has 102 valence electrons. The zero-order chi connectivity index (χ0) is 13.8. The average molecular weight is 324 g/mol. The first kappa shape index (κ1) is 14.2. The maximum atomic E-state index is 6.07. The quantitative estimate of drug-likeness (QED) is 0.914. The number of hydrogen-bond donors (Lipinski definition) is 1. The number of hydrogen-bond acceptors (Lipinski definition) is 4. The van der Waals surface area contributed by atoms with Gasteiger partial charge >= 0.3 is 0 Å². The molecular formula is C14H18BrN3O. The Morgan fingerprint density at radius 2 is 2.00 bits per heavy atom. The molecule has 2 aromatic rings. The topological polar surface area (TPSA) is 64.9 Å². The van der Waals surface area contributed by atoms with E-state index in [0.29, 0.717) is 24.1 Å². The largest absolute Gasteiger partial charge is 0.338 e. The van der Waals surface area contributed by atoms with Gasteiger partial charge in [-0.2, -0.15) is 4.98 Å². The molecule has 2 rings (SSSR count). The highest BCUT2D eigenvalue weighted by atomic mass is 79.9. The second-order valence-electron chi connectivity index (χ2n) is 4.76. The van der Waals surface area contributed by atoms with Crippen molar-refractivity contribution in [2.45, 2.75) is 32.7 Å². The van der Waals surface area contributed by atoms with Crippen molar-refractivity contribution in [1.29, 1.82) is 0 Å². The van der Waals surface area contributed by atoms with Crippen LogP contribution < -0.4 is 5.73 Å². The molecule has 2 atom stereocenters. The van der Waals surface area contributed by atoms with Crippen LogP contribution in [0.3, 0.4) is 0 Å². The molecule has 4 nitrogen and oxygen atoms in total. The van der Waals surface area contributed by atoms with Gasteiger partial charge in [0.2, 0.25) is 5.89 Å². The molecule has 0 aliphatic rings. The van der Waals surface area contributed by atoms with E-state index in [1.807, 2.05) is 24.3 Å². The summed E-state index contributed by atoms with van der Waals surface area (Å²) in [5.41, 5.74) is 7.22. The fraction of sp³-hybridized carbons (Fsp3) is 0.429. The maximum Gasteiger partial charge on any atom is 0.243 e. The molecule has 2 N–H and O–H groups in total. The molecule has 0 saturated carbocycles. The van der Waals surface area contributed by atoms with Gasteiger partial charge in [0, 0.05) is 10.9 Å². The molecule has 19 heavy (non-hydrogen) atoms. The maximum absolute atomic E-state index is 6.07. The Morgan fingerprint density at radius 1 is 1.32 bits per heavy atom. The van der Waals surface area contributed by atoms with Crippen LogP contribution in [-0.4, -0.2) is 10.1 Å². The summed E-state index contributed by atoms with van der Waals surface area (Å²) in [5.74, 6) is 1.54. The lowest BCUT2D eigenvalue weighted by Gasteiger charge is -2.12. The molecule has 0 fully saturated rings. The molecule has 0 spiro atoms. The molecule has 5 heteroatoms. The first-order valence-electron chi connectivity index (χ1n) is 6.42. The third-order valence-electron chi connectivity index (χ3n) is 3.30. The number of nitrogens with two attached hydrogens (primary N) is 1. The van der Waals surface area contributed by atoms with Crippen molar-refractivity contribution in [2.24, 2.45) is 11.7 Å². The van der Waals surface area contributed by atoms with Gasteiger partial charge in [0.05, 0.1) is 6.04 Å². The zero-order valence-corrected chi connectivity index (χ0v) is 12.7. The SMILES string of the molecule is CCC(C)[C@H](N)c1nc(Cc2ccc(Br)cc2)no1. The van der Waals surface area contributed by atoms with Crippen LogP contribution in [0.4, 0.5) is 0 Å². The first-order valence-corrected chi connectivity index (χ1v) is 7.22. The van der Waals surface area contributed by atoms with Crippen LogP contribution in [0.5, 0.6) is 0 Å². The van der Waals surface area contributed by atoms with Gasteiger partial charge in [-0.05, 0) is 23.6 Å². The van der Waals surface area contributed by atoms with Crippen molar-refractivity contribution >= 4 is 15.9 Å². The fourth-order valence-electron chi connectivity index (χ4n) is 1.76. The highest BCUT2D eigenvalue weighted by Crippen LogP contribution is 2.20. The highest BCUT2D eigenvalue weighted by molar-refractivity contribution is 9.10. The van der Waals surface area contributed by atoms with E-state index in [-0.39, 0.29) is 6.04 Å². The van der Waals surface area contributed by atoms with E-state index in [1.165, 1.54) is 0 Å². The van der Waals surface area contributed by atoms with Crippen LogP contribution in [0.15, 0.2) is 33.3 Å². The minimum atomic E-state index is -0.184. The number of aromatic nitrogens is 2. The molecule has 1 aromatic carbocycles. The number of halogens is 1. The highest BCUT2D eigenvalue weighted by Gasteiger charge is 2.19. The number of rotatable bonds is 5. The monoisotopic (exact) mass is 323 g/mol. The predicted molar refractivity (Wildman–Crippen MR) is 77.6 cm³/mol. The number of nitrogens with zero attached hydrogens (tertiary/aromatic N) is 2. The van der Waals surface area contributed by atoms with Crippen LogP contribution in [0.25, 0.3) is 0 Å². The summed E-state index contributed by atoms with van der Waals surface area (Å²) in [6, 6.07) is 7.89. The Morgan fingerprint density at radius 3 is 2.63 bits per heavy atom. The molecule has 0 aliphatic carbocycles. The van der Waals surface area contributed by atoms with E-state index in [2.05, 4.69) is 39.9 Å². The van der Waals surface area contributed by atoms with E-state index in [1.54, 1.807) is 0 Å². The Balaban J connectivity index is 2.07. The zero-order valence-electron chi connectivity index (χ0n) is 11.1. The summed E-state index contributed by atoms with van der Waals surface area (Å²) in [6.07, 6.45) is 1.65. The molecule has 0 amide bonds. The Labute approximate surface area is 121 Å². The van der Waals surface area contributed by atoms with E-state index in [9.17, 15) is 0 Å². The standard InChI is InChI=1S/C14H18BrN3O/c1-3-9(2)13(16)14-17-12(18-19-14)8-10-4-6-11(15)7-5-10/h4-7,9,13H,3,8,16H2,1-2H3/t9?,13-/m0/s1. The molecule has 0 bridgehead atoms. The van der Waals surface area contributed by atoms with E-state index < -0.39 is 0 Å². The summed E-state index contributed by atoms with van der Waals surface area (Å²) < 4.78 is 6.31. The van der Waals surface area contributed by atoms with Gasteiger partial charge in [0.25, 0.3) is 0 Å². The van der Waals surface area contributed by atoms with Gasteiger partial charge < -0.3 is 10.3 Å². The molecule has 1 aromatic heterocycles. The van der Waals surface area contributed by atoms with Crippen molar-refractivity contribution in [3.05, 3.63) is 46.0 Å². The smallest absolute Gasteiger partial charge is 0.243 e. The summed E-state index contributed by atoms with van der Waals surface area (Å²) in [4.78, 5) is 4.38. The molecule has 0 saturated heterocycles. The Kier molecular flexibility index (Phi) is 4.71. The van der Waals surface area contributed by atoms with Gasteiger partial charge in [0.15, 0.2) is 5.82 Å². The van der Waals surface area contributed by atoms with Gasteiger partial charge in [0.1, 0.15) is 0 Å².